The lowest BCUT2D eigenvalue weighted by Gasteiger charge is -2.05. The number of rotatable bonds is 2. The zero-order valence-electron chi connectivity index (χ0n) is 8.00. The average molecular weight is 198 g/mol. The van der Waals surface area contributed by atoms with E-state index >= 15 is 0 Å². The monoisotopic (exact) mass is 197 g/mol. The first-order chi connectivity index (χ1) is 6.06. The van der Waals surface area contributed by atoms with Crippen molar-refractivity contribution in [3.05, 3.63) is 16.4 Å². The van der Waals surface area contributed by atoms with Gasteiger partial charge in [-0.05, 0) is 12.8 Å². The molecule has 1 heterocycles. The maximum absolute atomic E-state index is 8.76. The molecule has 13 heavy (non-hydrogen) atoms. The third-order valence-corrected chi connectivity index (χ3v) is 2.10. The van der Waals surface area contributed by atoms with Crippen molar-refractivity contribution in [3.63, 3.8) is 0 Å². The smallest absolute Gasteiger partial charge is 0.145 e. The normalized spacial score (nSPS) is 10.5. The molecule has 1 aromatic heterocycles. The van der Waals surface area contributed by atoms with E-state index in [0.717, 1.165) is 6.54 Å². The number of aryl methyl sites for hydroxylation is 1. The van der Waals surface area contributed by atoms with Gasteiger partial charge in [0.05, 0.1) is 5.69 Å². The molecule has 0 aliphatic carbocycles. The van der Waals surface area contributed by atoms with Gasteiger partial charge in [-0.1, -0.05) is 25.4 Å². The minimum atomic E-state index is 0.453. The average Bonchev–Trinajstić information content (AvgIpc) is 2.26. The highest BCUT2D eigenvalue weighted by atomic mass is 35.5. The molecule has 0 aliphatic heterocycles. The van der Waals surface area contributed by atoms with Gasteiger partial charge in [-0.25, -0.2) is 0 Å². The maximum atomic E-state index is 8.76. The van der Waals surface area contributed by atoms with Crippen molar-refractivity contribution >= 4 is 11.6 Å². The van der Waals surface area contributed by atoms with Gasteiger partial charge >= 0.3 is 0 Å². The summed E-state index contributed by atoms with van der Waals surface area (Å²) >= 11 is 5.95. The zero-order valence-corrected chi connectivity index (χ0v) is 8.76. The third-order valence-electron chi connectivity index (χ3n) is 1.72. The highest BCUT2D eigenvalue weighted by molar-refractivity contribution is 6.30. The van der Waals surface area contributed by atoms with Crippen LogP contribution in [0.1, 0.15) is 25.1 Å². The summed E-state index contributed by atoms with van der Waals surface area (Å²) in [5, 5.41) is 13.4. The Morgan fingerprint density at radius 3 is 2.62 bits per heavy atom. The predicted octanol–water partition coefficient (Wildman–Crippen LogP) is 2.37. The lowest BCUT2D eigenvalue weighted by molar-refractivity contribution is 0.482. The van der Waals surface area contributed by atoms with E-state index < -0.39 is 0 Å². The van der Waals surface area contributed by atoms with Crippen LogP contribution in [-0.4, -0.2) is 9.78 Å². The standard InChI is InChI=1S/C9H12ClN3/c1-6(2)5-13-9(10)8(4-11)7(3)12-13/h6H,5H2,1-3H3. The molecule has 0 N–H and O–H groups in total. The fraction of sp³-hybridized carbons (Fsp3) is 0.556. The van der Waals surface area contributed by atoms with Gasteiger partial charge in [0, 0.05) is 6.54 Å². The Balaban J connectivity index is 3.05. The molecule has 3 nitrogen and oxygen atoms in total. The first-order valence-electron chi connectivity index (χ1n) is 4.19. The summed E-state index contributed by atoms with van der Waals surface area (Å²) in [7, 11) is 0. The molecule has 0 radical (unpaired) electrons. The lowest BCUT2D eigenvalue weighted by atomic mass is 10.2. The molecule has 0 amide bonds. The van der Waals surface area contributed by atoms with E-state index in [4.69, 9.17) is 16.9 Å². The molecule has 4 heteroatoms. The minimum absolute atomic E-state index is 0.453. The van der Waals surface area contributed by atoms with E-state index in [1.807, 2.05) is 6.07 Å². The second-order valence-electron chi connectivity index (χ2n) is 3.44. The number of nitrogens with zero attached hydrogens (tertiary/aromatic N) is 3. The summed E-state index contributed by atoms with van der Waals surface area (Å²) in [6, 6.07) is 2.04. The van der Waals surface area contributed by atoms with E-state index in [1.165, 1.54) is 0 Å². The highest BCUT2D eigenvalue weighted by Gasteiger charge is 2.12. The highest BCUT2D eigenvalue weighted by Crippen LogP contribution is 2.19. The van der Waals surface area contributed by atoms with Crippen molar-refractivity contribution in [2.24, 2.45) is 5.92 Å². The van der Waals surface area contributed by atoms with Crippen LogP contribution in [0.15, 0.2) is 0 Å². The Kier molecular flexibility index (Phi) is 2.94. The van der Waals surface area contributed by atoms with Gasteiger partial charge in [0.2, 0.25) is 0 Å². The molecule has 1 rings (SSSR count). The van der Waals surface area contributed by atoms with Crippen LogP contribution in [-0.2, 0) is 6.54 Å². The minimum Gasteiger partial charge on any atom is -0.252 e. The first-order valence-corrected chi connectivity index (χ1v) is 4.57. The van der Waals surface area contributed by atoms with E-state index in [1.54, 1.807) is 11.6 Å². The van der Waals surface area contributed by atoms with Crippen LogP contribution in [0, 0.1) is 24.2 Å². The fourth-order valence-corrected chi connectivity index (χ4v) is 1.43. The summed E-state index contributed by atoms with van der Waals surface area (Å²) in [5.41, 5.74) is 1.19. The molecule has 1 aromatic rings. The molecule has 0 aromatic carbocycles. The number of nitriles is 1. The number of hydrogen-bond donors (Lipinski definition) is 0. The van der Waals surface area contributed by atoms with Gasteiger partial charge < -0.3 is 0 Å². The summed E-state index contributed by atoms with van der Waals surface area (Å²) in [4.78, 5) is 0. The predicted molar refractivity (Wildman–Crippen MR) is 51.5 cm³/mol. The van der Waals surface area contributed by atoms with E-state index in [2.05, 4.69) is 18.9 Å². The van der Waals surface area contributed by atoms with Gasteiger partial charge in [0.15, 0.2) is 0 Å². The largest absolute Gasteiger partial charge is 0.252 e. The summed E-state index contributed by atoms with van der Waals surface area (Å²) in [6.45, 7) is 6.71. The van der Waals surface area contributed by atoms with Crippen molar-refractivity contribution in [1.29, 1.82) is 5.26 Å². The van der Waals surface area contributed by atoms with Gasteiger partial charge in [0.1, 0.15) is 16.8 Å². The molecule has 0 unspecified atom stereocenters. The van der Waals surface area contributed by atoms with Crippen LogP contribution in [0.2, 0.25) is 5.15 Å². The Morgan fingerprint density at radius 2 is 2.23 bits per heavy atom. The van der Waals surface area contributed by atoms with Gasteiger partial charge in [-0.15, -0.1) is 0 Å². The molecular weight excluding hydrogens is 186 g/mol. The maximum Gasteiger partial charge on any atom is 0.145 e. The second kappa shape index (κ2) is 3.80. The van der Waals surface area contributed by atoms with Crippen molar-refractivity contribution in [2.75, 3.05) is 0 Å². The Labute approximate surface area is 82.9 Å². The van der Waals surface area contributed by atoms with Crippen LogP contribution in [0.4, 0.5) is 0 Å². The second-order valence-corrected chi connectivity index (χ2v) is 3.80. The molecule has 0 atom stereocenters. The van der Waals surface area contributed by atoms with Gasteiger partial charge in [-0.3, -0.25) is 4.68 Å². The van der Waals surface area contributed by atoms with Gasteiger partial charge in [-0.2, -0.15) is 10.4 Å². The summed E-state index contributed by atoms with van der Waals surface area (Å²) in [5.74, 6) is 0.475. The van der Waals surface area contributed by atoms with Crippen LogP contribution >= 0.6 is 11.6 Å². The molecule has 0 saturated heterocycles. The number of hydrogen-bond acceptors (Lipinski definition) is 2. The van der Waals surface area contributed by atoms with E-state index in [0.29, 0.717) is 22.3 Å². The van der Waals surface area contributed by atoms with Crippen LogP contribution in [0.25, 0.3) is 0 Å². The Bertz CT molecular complexity index is 346. The molecule has 0 aliphatic rings. The molecule has 0 spiro atoms. The quantitative estimate of drug-likeness (QED) is 0.731. The molecule has 70 valence electrons. The van der Waals surface area contributed by atoms with E-state index in [9.17, 15) is 0 Å². The van der Waals surface area contributed by atoms with Gasteiger partial charge in [0.25, 0.3) is 0 Å². The first kappa shape index (κ1) is 10.1. The summed E-state index contributed by atoms with van der Waals surface area (Å²) in [6.07, 6.45) is 0. The van der Waals surface area contributed by atoms with Crippen molar-refractivity contribution < 1.29 is 0 Å². The Hall–Kier alpha value is -1.01. The van der Waals surface area contributed by atoms with Crippen molar-refractivity contribution in [3.8, 4) is 6.07 Å². The SMILES string of the molecule is Cc1nn(CC(C)C)c(Cl)c1C#N. The summed E-state index contributed by atoms with van der Waals surface area (Å²) < 4.78 is 1.68. The molecular formula is C9H12ClN3. The van der Waals surface area contributed by atoms with Crippen LogP contribution in [0.3, 0.4) is 0 Å². The van der Waals surface area contributed by atoms with Crippen LogP contribution < -0.4 is 0 Å². The van der Waals surface area contributed by atoms with E-state index in [-0.39, 0.29) is 0 Å². The number of aromatic nitrogens is 2. The Morgan fingerprint density at radius 1 is 1.62 bits per heavy atom. The fourth-order valence-electron chi connectivity index (χ4n) is 1.15. The van der Waals surface area contributed by atoms with Crippen LogP contribution in [0.5, 0.6) is 0 Å². The molecule has 0 saturated carbocycles. The third kappa shape index (κ3) is 2.02. The lowest BCUT2D eigenvalue weighted by Crippen LogP contribution is -2.06. The molecule has 0 fully saturated rings. The number of halogens is 1. The molecule has 0 bridgehead atoms. The van der Waals surface area contributed by atoms with Crippen molar-refractivity contribution in [2.45, 2.75) is 27.3 Å². The van der Waals surface area contributed by atoms with Crippen molar-refractivity contribution in [1.82, 2.24) is 9.78 Å². The zero-order chi connectivity index (χ0) is 10.0. The topological polar surface area (TPSA) is 41.6 Å².